The highest BCUT2D eigenvalue weighted by Gasteiger charge is 2.31. The maximum Gasteiger partial charge on any atom is 0.235 e. The number of ether oxygens (including phenoxy) is 2. The van der Waals surface area contributed by atoms with Crippen LogP contribution in [0.1, 0.15) is 52.1 Å². The van der Waals surface area contributed by atoms with Crippen molar-refractivity contribution in [3.8, 4) is 11.5 Å². The van der Waals surface area contributed by atoms with Gasteiger partial charge in [-0.1, -0.05) is 20.8 Å². The topological polar surface area (TPSA) is 45.4 Å². The van der Waals surface area contributed by atoms with Gasteiger partial charge in [0.2, 0.25) is 11.4 Å². The number of hydrogen-bond donors (Lipinski definition) is 0. The Morgan fingerprint density at radius 2 is 1.81 bits per heavy atom. The quantitative estimate of drug-likeness (QED) is 0.631. The molecule has 1 aromatic rings. The summed E-state index contributed by atoms with van der Waals surface area (Å²) in [6, 6.07) is 1.70. The molecule has 1 aliphatic rings. The third kappa shape index (κ3) is 3.60. The van der Waals surface area contributed by atoms with Crippen molar-refractivity contribution < 1.29 is 14.2 Å². The fourth-order valence-corrected chi connectivity index (χ4v) is 3.17. The summed E-state index contributed by atoms with van der Waals surface area (Å²) in [7, 11) is 1.58. The van der Waals surface area contributed by atoms with Gasteiger partial charge >= 0.3 is 0 Å². The molecule has 21 heavy (non-hydrogen) atoms. The van der Waals surface area contributed by atoms with Gasteiger partial charge in [-0.15, -0.1) is 0 Å². The van der Waals surface area contributed by atoms with Crippen LogP contribution in [-0.2, 0) is 0 Å². The van der Waals surface area contributed by atoms with Crippen LogP contribution in [0.2, 0.25) is 0 Å². The number of hydrogen-bond acceptors (Lipinski definition) is 3. The molecule has 1 heterocycles. The molecule has 4 heteroatoms. The van der Waals surface area contributed by atoms with Gasteiger partial charge in [-0.2, -0.15) is 4.73 Å². The Kier molecular flexibility index (Phi) is 4.64. The average molecular weight is 293 g/mol. The van der Waals surface area contributed by atoms with Crippen LogP contribution in [0.25, 0.3) is 0 Å². The van der Waals surface area contributed by atoms with Gasteiger partial charge < -0.3 is 14.7 Å². The van der Waals surface area contributed by atoms with Crippen LogP contribution in [0, 0.1) is 23.5 Å². The Morgan fingerprint density at radius 1 is 1.19 bits per heavy atom. The van der Waals surface area contributed by atoms with Crippen molar-refractivity contribution in [2.24, 2.45) is 11.3 Å². The molecule has 0 amide bonds. The predicted molar refractivity (Wildman–Crippen MR) is 82.5 cm³/mol. The molecule has 0 aliphatic heterocycles. The van der Waals surface area contributed by atoms with Gasteiger partial charge in [-0.05, 0) is 37.0 Å². The molecular weight excluding hydrogens is 266 g/mol. The summed E-state index contributed by atoms with van der Waals surface area (Å²) >= 11 is 0. The van der Waals surface area contributed by atoms with E-state index in [9.17, 15) is 5.21 Å². The van der Waals surface area contributed by atoms with E-state index in [2.05, 4.69) is 20.8 Å². The van der Waals surface area contributed by atoms with E-state index in [1.54, 1.807) is 20.1 Å². The van der Waals surface area contributed by atoms with Crippen LogP contribution < -0.4 is 14.2 Å². The lowest BCUT2D eigenvalue weighted by atomic mass is 9.72. The maximum atomic E-state index is 11.6. The van der Waals surface area contributed by atoms with E-state index in [1.165, 1.54) is 19.0 Å². The molecule has 0 bridgehead atoms. The molecule has 1 aliphatic carbocycles. The standard InChI is InChI=1S/C17H27NO3/c1-12-16(20-5)15(10-11-18(12)19)21-14-8-6-13(7-9-14)17(2,3)4/h10-11,13-14H,6-9H2,1-5H3. The Hall–Kier alpha value is -1.45. The minimum atomic E-state index is 0.222. The van der Waals surface area contributed by atoms with Gasteiger partial charge in [0.05, 0.1) is 13.2 Å². The Labute approximate surface area is 127 Å². The van der Waals surface area contributed by atoms with Gasteiger partial charge in [0.1, 0.15) is 0 Å². The van der Waals surface area contributed by atoms with E-state index in [1.807, 2.05) is 0 Å². The van der Waals surface area contributed by atoms with Crippen LogP contribution in [-0.4, -0.2) is 13.2 Å². The lowest BCUT2D eigenvalue weighted by Crippen LogP contribution is -2.32. The van der Waals surface area contributed by atoms with Gasteiger partial charge in [0, 0.05) is 13.0 Å². The number of nitrogens with zero attached hydrogens (tertiary/aromatic N) is 1. The van der Waals surface area contributed by atoms with Gasteiger partial charge in [-0.3, -0.25) is 0 Å². The fourth-order valence-electron chi connectivity index (χ4n) is 3.17. The van der Waals surface area contributed by atoms with Crippen molar-refractivity contribution in [2.75, 3.05) is 7.11 Å². The van der Waals surface area contributed by atoms with Crippen LogP contribution in [0.3, 0.4) is 0 Å². The highest BCUT2D eigenvalue weighted by Crippen LogP contribution is 2.39. The Bertz CT molecular complexity index is 486. The van der Waals surface area contributed by atoms with Crippen LogP contribution in [0.5, 0.6) is 11.5 Å². The van der Waals surface area contributed by atoms with Crippen molar-refractivity contribution >= 4 is 0 Å². The molecule has 4 nitrogen and oxygen atoms in total. The molecule has 0 atom stereocenters. The summed E-state index contributed by atoms with van der Waals surface area (Å²) in [6.45, 7) is 8.69. The van der Waals surface area contributed by atoms with E-state index in [0.29, 0.717) is 22.6 Å². The normalized spacial score (nSPS) is 22.9. The second-order valence-electron chi connectivity index (χ2n) is 7.08. The summed E-state index contributed by atoms with van der Waals surface area (Å²) in [6.07, 6.45) is 6.23. The first-order valence-electron chi connectivity index (χ1n) is 7.76. The van der Waals surface area contributed by atoms with Crippen molar-refractivity contribution in [2.45, 2.75) is 59.5 Å². The molecule has 0 unspecified atom stereocenters. The molecule has 118 valence electrons. The highest BCUT2D eigenvalue weighted by molar-refractivity contribution is 5.40. The lowest BCUT2D eigenvalue weighted by Gasteiger charge is -2.37. The third-order valence-electron chi connectivity index (χ3n) is 4.64. The molecule has 0 N–H and O–H groups in total. The first-order valence-corrected chi connectivity index (χ1v) is 7.76. The van der Waals surface area contributed by atoms with Gasteiger partial charge in [-0.25, -0.2) is 0 Å². The summed E-state index contributed by atoms with van der Waals surface area (Å²) in [5.74, 6) is 1.99. The minimum absolute atomic E-state index is 0.222. The molecule has 0 saturated heterocycles. The van der Waals surface area contributed by atoms with Crippen molar-refractivity contribution in [1.29, 1.82) is 0 Å². The summed E-state index contributed by atoms with van der Waals surface area (Å²) in [4.78, 5) is 0. The predicted octanol–water partition coefficient (Wildman–Crippen LogP) is 3.62. The molecule has 1 aromatic heterocycles. The smallest absolute Gasteiger partial charge is 0.235 e. The van der Waals surface area contributed by atoms with E-state index in [-0.39, 0.29) is 6.10 Å². The maximum absolute atomic E-state index is 11.6. The number of methoxy groups -OCH3 is 1. The fraction of sp³-hybridized carbons (Fsp3) is 0.706. The van der Waals surface area contributed by atoms with E-state index in [4.69, 9.17) is 9.47 Å². The first kappa shape index (κ1) is 15.9. The summed E-state index contributed by atoms with van der Waals surface area (Å²) < 4.78 is 12.2. The lowest BCUT2D eigenvalue weighted by molar-refractivity contribution is -0.612. The zero-order valence-corrected chi connectivity index (χ0v) is 13.8. The monoisotopic (exact) mass is 293 g/mol. The van der Waals surface area contributed by atoms with Crippen molar-refractivity contribution in [1.82, 2.24) is 0 Å². The number of rotatable bonds is 3. The Morgan fingerprint density at radius 3 is 2.33 bits per heavy atom. The van der Waals surface area contributed by atoms with Gasteiger partial charge in [0.15, 0.2) is 11.9 Å². The minimum Gasteiger partial charge on any atom is -0.618 e. The van der Waals surface area contributed by atoms with Crippen LogP contribution in [0.15, 0.2) is 12.3 Å². The highest BCUT2D eigenvalue weighted by atomic mass is 16.5. The third-order valence-corrected chi connectivity index (χ3v) is 4.64. The number of aromatic nitrogens is 1. The van der Waals surface area contributed by atoms with E-state index in [0.717, 1.165) is 23.5 Å². The second-order valence-corrected chi connectivity index (χ2v) is 7.08. The van der Waals surface area contributed by atoms with Crippen molar-refractivity contribution in [3.05, 3.63) is 23.2 Å². The first-order chi connectivity index (χ1) is 9.82. The zero-order chi connectivity index (χ0) is 15.6. The molecule has 0 spiro atoms. The second kappa shape index (κ2) is 6.12. The molecule has 1 saturated carbocycles. The van der Waals surface area contributed by atoms with E-state index >= 15 is 0 Å². The molecule has 1 fully saturated rings. The summed E-state index contributed by atoms with van der Waals surface area (Å²) in [5, 5.41) is 11.6. The zero-order valence-electron chi connectivity index (χ0n) is 13.8. The van der Waals surface area contributed by atoms with Crippen molar-refractivity contribution in [3.63, 3.8) is 0 Å². The Balaban J connectivity index is 2.03. The largest absolute Gasteiger partial charge is 0.618 e. The number of pyridine rings is 1. The van der Waals surface area contributed by atoms with Gasteiger partial charge in [0.25, 0.3) is 0 Å². The summed E-state index contributed by atoms with van der Waals surface area (Å²) in [5.41, 5.74) is 0.915. The average Bonchev–Trinajstić information content (AvgIpc) is 2.43. The molecule has 2 rings (SSSR count). The SMILES string of the molecule is COc1c(OC2CCC(C(C)(C)C)CC2)cc[n+]([O-])c1C. The van der Waals surface area contributed by atoms with Crippen LogP contribution in [0.4, 0.5) is 0 Å². The molecule has 0 radical (unpaired) electrons. The molecular formula is C17H27NO3. The molecule has 0 aromatic carbocycles. The van der Waals surface area contributed by atoms with Crippen LogP contribution >= 0.6 is 0 Å². The van der Waals surface area contributed by atoms with E-state index < -0.39 is 0 Å².